The number of nitrogens with one attached hydrogen (secondary N) is 1. The van der Waals surface area contributed by atoms with Crippen LogP contribution in [0.3, 0.4) is 0 Å². The molecule has 2 heterocycles. The zero-order valence-electron chi connectivity index (χ0n) is 15.7. The summed E-state index contributed by atoms with van der Waals surface area (Å²) in [4.78, 5) is 28.9. The third-order valence-corrected chi connectivity index (χ3v) is 5.24. The maximum absolute atomic E-state index is 12.8. The number of methoxy groups -OCH3 is 2. The molecule has 2 aliphatic rings. The smallest absolute Gasteiger partial charge is 0.228 e. The van der Waals surface area contributed by atoms with E-state index in [0.29, 0.717) is 24.0 Å². The van der Waals surface area contributed by atoms with E-state index in [4.69, 9.17) is 9.47 Å². The Kier molecular flexibility index (Phi) is 5.66. The fraction of sp³-hybridized carbons (Fsp3) is 0.579. The highest BCUT2D eigenvalue weighted by Crippen LogP contribution is 2.34. The number of hydrogen-bond donors (Lipinski definition) is 1. The van der Waals surface area contributed by atoms with Crippen LogP contribution in [0.5, 0.6) is 11.5 Å². The molecule has 0 radical (unpaired) electrons. The molecule has 7 nitrogen and oxygen atoms in total. The lowest BCUT2D eigenvalue weighted by Gasteiger charge is -2.21. The maximum atomic E-state index is 12.8. The Morgan fingerprint density at radius 1 is 1.23 bits per heavy atom. The normalized spacial score (nSPS) is 22.8. The van der Waals surface area contributed by atoms with Gasteiger partial charge in [-0.2, -0.15) is 0 Å². The van der Waals surface area contributed by atoms with Crippen LogP contribution in [0.25, 0.3) is 0 Å². The molecule has 1 N–H and O–H groups in total. The lowest BCUT2D eigenvalue weighted by molar-refractivity contribution is -0.134. The van der Waals surface area contributed by atoms with Gasteiger partial charge in [-0.25, -0.2) is 0 Å². The summed E-state index contributed by atoms with van der Waals surface area (Å²) in [6.45, 7) is 2.90. The Morgan fingerprint density at radius 2 is 2.00 bits per heavy atom. The minimum absolute atomic E-state index is 0.0264. The number of amides is 2. The van der Waals surface area contributed by atoms with Gasteiger partial charge in [-0.15, -0.1) is 0 Å². The van der Waals surface area contributed by atoms with Crippen LogP contribution >= 0.6 is 0 Å². The molecule has 0 unspecified atom stereocenters. The van der Waals surface area contributed by atoms with E-state index in [1.807, 2.05) is 18.0 Å². The minimum Gasteiger partial charge on any atom is -0.493 e. The molecule has 2 aliphatic heterocycles. The molecule has 0 saturated carbocycles. The molecule has 142 valence electrons. The molecular formula is C19H27N3O4. The van der Waals surface area contributed by atoms with Gasteiger partial charge in [0.1, 0.15) is 0 Å². The number of benzene rings is 1. The van der Waals surface area contributed by atoms with Crippen LogP contribution in [0.2, 0.25) is 0 Å². The number of nitrogens with zero attached hydrogens (tertiary/aromatic N) is 2. The van der Waals surface area contributed by atoms with Gasteiger partial charge in [0.25, 0.3) is 0 Å². The van der Waals surface area contributed by atoms with Gasteiger partial charge in [-0.1, -0.05) is 0 Å². The second-order valence-corrected chi connectivity index (χ2v) is 6.94. The van der Waals surface area contributed by atoms with Gasteiger partial charge < -0.3 is 24.6 Å². The fourth-order valence-electron chi connectivity index (χ4n) is 3.86. The average Bonchev–Trinajstić information content (AvgIpc) is 3.27. The lowest BCUT2D eigenvalue weighted by atomic mass is 10.1. The maximum Gasteiger partial charge on any atom is 0.228 e. The van der Waals surface area contributed by atoms with Crippen LogP contribution < -0.4 is 19.7 Å². The standard InChI is InChI=1S/C19H27N3O4/c1-20-10-13-6-7-21(11-13)19(24)14-8-18(23)22(12-14)15-4-5-16(25-2)17(9-15)26-3/h4-5,9,13-14,20H,6-8,10-12H2,1-3H3/t13-,14+/m1/s1. The largest absolute Gasteiger partial charge is 0.493 e. The third-order valence-electron chi connectivity index (χ3n) is 5.24. The predicted molar refractivity (Wildman–Crippen MR) is 98.6 cm³/mol. The zero-order chi connectivity index (χ0) is 18.7. The van der Waals surface area contributed by atoms with Gasteiger partial charge in [0.05, 0.1) is 20.1 Å². The molecule has 2 amide bonds. The van der Waals surface area contributed by atoms with Gasteiger partial charge in [0, 0.05) is 37.8 Å². The van der Waals surface area contributed by atoms with E-state index < -0.39 is 0 Å². The van der Waals surface area contributed by atoms with E-state index in [9.17, 15) is 9.59 Å². The molecule has 2 atom stereocenters. The molecule has 0 aromatic heterocycles. The van der Waals surface area contributed by atoms with Crippen LogP contribution in [0.1, 0.15) is 12.8 Å². The van der Waals surface area contributed by atoms with Gasteiger partial charge in [0.15, 0.2) is 11.5 Å². The Balaban J connectivity index is 1.68. The number of hydrogen-bond acceptors (Lipinski definition) is 5. The number of carbonyl (C=O) groups is 2. The summed E-state index contributed by atoms with van der Waals surface area (Å²) in [6, 6.07) is 5.38. The molecule has 0 bridgehead atoms. The first-order chi connectivity index (χ1) is 12.6. The summed E-state index contributed by atoms with van der Waals surface area (Å²) in [5.41, 5.74) is 0.734. The van der Waals surface area contributed by atoms with E-state index in [0.717, 1.165) is 31.7 Å². The van der Waals surface area contributed by atoms with Crippen molar-refractivity contribution >= 4 is 17.5 Å². The first-order valence-corrected chi connectivity index (χ1v) is 9.03. The molecule has 0 aliphatic carbocycles. The number of carbonyl (C=O) groups excluding carboxylic acids is 2. The van der Waals surface area contributed by atoms with Crippen molar-refractivity contribution in [2.24, 2.45) is 11.8 Å². The van der Waals surface area contributed by atoms with Crippen molar-refractivity contribution in [3.8, 4) is 11.5 Å². The summed E-state index contributed by atoms with van der Waals surface area (Å²) in [7, 11) is 5.07. The number of anilines is 1. The number of ether oxygens (including phenoxy) is 2. The van der Waals surface area contributed by atoms with Crippen LogP contribution in [0.4, 0.5) is 5.69 Å². The highest BCUT2D eigenvalue weighted by molar-refractivity contribution is 6.00. The van der Waals surface area contributed by atoms with E-state index in [1.165, 1.54) is 0 Å². The molecular weight excluding hydrogens is 334 g/mol. The lowest BCUT2D eigenvalue weighted by Crippen LogP contribution is -2.36. The molecule has 2 fully saturated rings. The number of likely N-dealkylation sites (tertiary alicyclic amines) is 1. The first kappa shape index (κ1) is 18.5. The van der Waals surface area contributed by atoms with Crippen molar-refractivity contribution < 1.29 is 19.1 Å². The first-order valence-electron chi connectivity index (χ1n) is 9.03. The molecule has 0 spiro atoms. The molecule has 26 heavy (non-hydrogen) atoms. The van der Waals surface area contributed by atoms with Crippen LogP contribution in [-0.4, -0.2) is 64.2 Å². The average molecular weight is 361 g/mol. The van der Waals surface area contributed by atoms with E-state index in [2.05, 4.69) is 5.32 Å². The molecule has 1 aromatic rings. The van der Waals surface area contributed by atoms with E-state index in [-0.39, 0.29) is 24.2 Å². The Morgan fingerprint density at radius 3 is 2.69 bits per heavy atom. The fourth-order valence-corrected chi connectivity index (χ4v) is 3.86. The quantitative estimate of drug-likeness (QED) is 0.822. The predicted octanol–water partition coefficient (Wildman–Crippen LogP) is 1.12. The van der Waals surface area contributed by atoms with Crippen molar-refractivity contribution in [2.45, 2.75) is 12.8 Å². The number of rotatable bonds is 6. The monoisotopic (exact) mass is 361 g/mol. The zero-order valence-corrected chi connectivity index (χ0v) is 15.7. The van der Waals surface area contributed by atoms with E-state index in [1.54, 1.807) is 31.3 Å². The van der Waals surface area contributed by atoms with Gasteiger partial charge in [0.2, 0.25) is 11.8 Å². The SMILES string of the molecule is CNC[C@H]1CCN(C(=O)[C@H]2CC(=O)N(c3ccc(OC)c(OC)c3)C2)C1. The second-order valence-electron chi connectivity index (χ2n) is 6.94. The van der Waals surface area contributed by atoms with Crippen molar-refractivity contribution in [3.05, 3.63) is 18.2 Å². The summed E-state index contributed by atoms with van der Waals surface area (Å²) in [5, 5.41) is 3.17. The van der Waals surface area contributed by atoms with E-state index >= 15 is 0 Å². The highest BCUT2D eigenvalue weighted by atomic mass is 16.5. The van der Waals surface area contributed by atoms with Crippen molar-refractivity contribution in [2.75, 3.05) is 52.3 Å². The molecule has 3 rings (SSSR count). The summed E-state index contributed by atoms with van der Waals surface area (Å²) >= 11 is 0. The highest BCUT2D eigenvalue weighted by Gasteiger charge is 2.39. The second kappa shape index (κ2) is 7.95. The van der Waals surface area contributed by atoms with Crippen molar-refractivity contribution in [1.29, 1.82) is 0 Å². The molecule has 1 aromatic carbocycles. The molecule has 2 saturated heterocycles. The van der Waals surface area contributed by atoms with Crippen LogP contribution in [0.15, 0.2) is 18.2 Å². The van der Waals surface area contributed by atoms with Gasteiger partial charge in [-0.3, -0.25) is 9.59 Å². The topological polar surface area (TPSA) is 71.1 Å². The van der Waals surface area contributed by atoms with Crippen LogP contribution in [0, 0.1) is 11.8 Å². The Bertz CT molecular complexity index is 679. The van der Waals surface area contributed by atoms with Crippen molar-refractivity contribution in [3.63, 3.8) is 0 Å². The summed E-state index contributed by atoms with van der Waals surface area (Å²) in [6.07, 6.45) is 1.28. The third kappa shape index (κ3) is 3.62. The summed E-state index contributed by atoms with van der Waals surface area (Å²) in [5.74, 6) is 1.48. The summed E-state index contributed by atoms with van der Waals surface area (Å²) < 4.78 is 10.6. The van der Waals surface area contributed by atoms with Crippen molar-refractivity contribution in [1.82, 2.24) is 10.2 Å². The minimum atomic E-state index is -0.274. The van der Waals surface area contributed by atoms with Gasteiger partial charge in [-0.05, 0) is 38.1 Å². The Labute approximate surface area is 154 Å². The molecule has 7 heteroatoms. The van der Waals surface area contributed by atoms with Gasteiger partial charge >= 0.3 is 0 Å². The Hall–Kier alpha value is -2.28. The van der Waals surface area contributed by atoms with Crippen LogP contribution in [-0.2, 0) is 9.59 Å².